The van der Waals surface area contributed by atoms with Crippen LogP contribution in [0.2, 0.25) is 16.6 Å². The molecule has 0 unspecified atom stereocenters. The lowest BCUT2D eigenvalue weighted by atomic mass is 9.87. The first-order valence-electron chi connectivity index (χ1n) is 12.2. The standard InChI is InChI=1S/C26H37F2NO4SSi/c1-16(2)35(17(3)4,18(5)6)33-23-14-13-20(19-10-8-12-22(27)24(19)28)26(32-34(7,30)31)21-11-9-15-29-25(21)23/h8-12,15-18,20,23,26H,13-14H2,1-7H3/t20-,23-,26+/m1/s1. The Bertz CT molecular complexity index is 1120. The van der Waals surface area contributed by atoms with E-state index in [1.54, 1.807) is 18.3 Å². The topological polar surface area (TPSA) is 65.5 Å². The van der Waals surface area contributed by atoms with Gasteiger partial charge >= 0.3 is 0 Å². The fraction of sp³-hybridized carbons (Fsp3) is 0.577. The van der Waals surface area contributed by atoms with Crippen LogP contribution in [0.1, 0.15) is 89.3 Å². The third kappa shape index (κ3) is 5.68. The van der Waals surface area contributed by atoms with Crippen LogP contribution in [0.3, 0.4) is 0 Å². The van der Waals surface area contributed by atoms with Crippen LogP contribution in [-0.2, 0) is 18.7 Å². The highest BCUT2D eigenvalue weighted by Crippen LogP contribution is 2.51. The average molecular weight is 526 g/mol. The van der Waals surface area contributed by atoms with E-state index in [1.165, 1.54) is 12.1 Å². The maximum absolute atomic E-state index is 15.0. The summed E-state index contributed by atoms with van der Waals surface area (Å²) in [4.78, 5) is 4.63. The van der Waals surface area contributed by atoms with Gasteiger partial charge in [0, 0.05) is 17.7 Å². The van der Waals surface area contributed by atoms with Crippen LogP contribution in [0.15, 0.2) is 36.5 Å². The van der Waals surface area contributed by atoms with Gasteiger partial charge in [-0.05, 0) is 47.2 Å². The average Bonchev–Trinajstić information content (AvgIpc) is 2.89. The van der Waals surface area contributed by atoms with Crippen LogP contribution in [-0.4, -0.2) is 28.0 Å². The Balaban J connectivity index is 2.19. The fourth-order valence-electron chi connectivity index (χ4n) is 5.98. The van der Waals surface area contributed by atoms with Crippen molar-refractivity contribution in [2.24, 2.45) is 0 Å². The van der Waals surface area contributed by atoms with E-state index in [0.29, 0.717) is 40.7 Å². The monoisotopic (exact) mass is 525 g/mol. The third-order valence-electron chi connectivity index (χ3n) is 7.30. The Labute approximate surface area is 209 Å². The molecule has 1 aliphatic carbocycles. The lowest BCUT2D eigenvalue weighted by Crippen LogP contribution is -2.48. The van der Waals surface area contributed by atoms with Crippen molar-refractivity contribution in [3.8, 4) is 0 Å². The summed E-state index contributed by atoms with van der Waals surface area (Å²) in [6.45, 7) is 13.2. The van der Waals surface area contributed by atoms with Crippen molar-refractivity contribution in [2.45, 2.75) is 89.1 Å². The van der Waals surface area contributed by atoms with Gasteiger partial charge < -0.3 is 4.43 Å². The first-order valence-corrected chi connectivity index (χ1v) is 16.2. The number of aromatic nitrogens is 1. The molecule has 0 aliphatic heterocycles. The van der Waals surface area contributed by atoms with E-state index >= 15 is 0 Å². The van der Waals surface area contributed by atoms with Crippen molar-refractivity contribution in [2.75, 3.05) is 6.26 Å². The van der Waals surface area contributed by atoms with Gasteiger partial charge in [-0.2, -0.15) is 8.42 Å². The Hall–Kier alpha value is -1.68. The number of rotatable bonds is 8. The van der Waals surface area contributed by atoms with Gasteiger partial charge in [-0.3, -0.25) is 9.17 Å². The number of halogens is 2. The quantitative estimate of drug-likeness (QED) is 0.207. The van der Waals surface area contributed by atoms with E-state index in [2.05, 4.69) is 46.5 Å². The molecule has 1 aromatic heterocycles. The lowest BCUT2D eigenvalue weighted by molar-refractivity contribution is 0.154. The molecule has 1 heterocycles. The highest BCUT2D eigenvalue weighted by atomic mass is 32.2. The summed E-state index contributed by atoms with van der Waals surface area (Å²) in [5.74, 6) is -2.69. The zero-order chi connectivity index (χ0) is 26.1. The maximum Gasteiger partial charge on any atom is 0.264 e. The highest BCUT2D eigenvalue weighted by molar-refractivity contribution is 7.86. The predicted molar refractivity (Wildman–Crippen MR) is 136 cm³/mol. The molecule has 0 spiro atoms. The molecule has 2 aromatic rings. The van der Waals surface area contributed by atoms with Crippen LogP contribution in [0.25, 0.3) is 0 Å². The van der Waals surface area contributed by atoms with Gasteiger partial charge in [0.05, 0.1) is 18.1 Å². The normalized spacial score (nSPS) is 21.4. The number of benzene rings is 1. The predicted octanol–water partition coefficient (Wildman–Crippen LogP) is 7.19. The SMILES string of the molecule is CC(C)[Si](O[C@@H]1CC[C@H](c2cccc(F)c2F)[C@H](OS(C)(=O)=O)c2cccnc21)(C(C)C)C(C)C. The fourth-order valence-corrected chi connectivity index (χ4v) is 12.1. The molecular formula is C26H37F2NO4SSi. The molecule has 1 aliphatic rings. The molecular weight excluding hydrogens is 488 g/mol. The maximum atomic E-state index is 15.0. The number of hydrogen-bond donors (Lipinski definition) is 0. The van der Waals surface area contributed by atoms with Gasteiger partial charge in [0.25, 0.3) is 10.1 Å². The molecule has 0 amide bonds. The summed E-state index contributed by atoms with van der Waals surface area (Å²) in [6, 6.07) is 7.44. The van der Waals surface area contributed by atoms with Crippen molar-refractivity contribution in [1.29, 1.82) is 0 Å². The minimum Gasteiger partial charge on any atom is -0.408 e. The second kappa shape index (κ2) is 10.7. The molecule has 0 N–H and O–H groups in total. The summed E-state index contributed by atoms with van der Waals surface area (Å²) in [6.07, 6.45) is 1.99. The molecule has 35 heavy (non-hydrogen) atoms. The zero-order valence-corrected chi connectivity index (χ0v) is 23.4. The van der Waals surface area contributed by atoms with Crippen molar-refractivity contribution in [3.63, 3.8) is 0 Å². The van der Waals surface area contributed by atoms with E-state index < -0.39 is 48.2 Å². The molecule has 0 fully saturated rings. The van der Waals surface area contributed by atoms with Gasteiger partial charge in [-0.15, -0.1) is 0 Å². The van der Waals surface area contributed by atoms with Crippen LogP contribution < -0.4 is 0 Å². The van der Waals surface area contributed by atoms with Crippen molar-refractivity contribution in [1.82, 2.24) is 4.98 Å². The van der Waals surface area contributed by atoms with E-state index in [4.69, 9.17) is 8.61 Å². The van der Waals surface area contributed by atoms with Gasteiger partial charge in [-0.25, -0.2) is 8.78 Å². The van der Waals surface area contributed by atoms with E-state index in [9.17, 15) is 17.2 Å². The first kappa shape index (κ1) is 27.9. The molecule has 3 rings (SSSR count). The number of hydrogen-bond acceptors (Lipinski definition) is 5. The largest absolute Gasteiger partial charge is 0.408 e. The van der Waals surface area contributed by atoms with Gasteiger partial charge in [0.15, 0.2) is 11.6 Å². The first-order chi connectivity index (χ1) is 16.3. The highest BCUT2D eigenvalue weighted by Gasteiger charge is 2.48. The summed E-state index contributed by atoms with van der Waals surface area (Å²) in [7, 11) is -6.24. The molecule has 5 nitrogen and oxygen atoms in total. The molecule has 1 aromatic carbocycles. The Morgan fingerprint density at radius 1 is 0.943 bits per heavy atom. The zero-order valence-electron chi connectivity index (χ0n) is 21.6. The Morgan fingerprint density at radius 2 is 1.54 bits per heavy atom. The second-order valence-electron chi connectivity index (χ2n) is 10.4. The van der Waals surface area contributed by atoms with Crippen LogP contribution in [0, 0.1) is 11.6 Å². The molecule has 0 saturated carbocycles. The molecule has 9 heteroatoms. The van der Waals surface area contributed by atoms with Crippen molar-refractivity contribution >= 4 is 18.4 Å². The summed E-state index contributed by atoms with van der Waals surface area (Å²) >= 11 is 0. The number of fused-ring (bicyclic) bond motifs is 1. The van der Waals surface area contributed by atoms with Gasteiger partial charge in [0.1, 0.15) is 6.10 Å². The minimum absolute atomic E-state index is 0.0918. The van der Waals surface area contributed by atoms with E-state index in [1.807, 2.05) is 0 Å². The molecule has 0 saturated heterocycles. The molecule has 3 atom stereocenters. The van der Waals surface area contributed by atoms with Crippen LogP contribution in [0.4, 0.5) is 8.78 Å². The second-order valence-corrected chi connectivity index (χ2v) is 17.5. The summed E-state index contributed by atoms with van der Waals surface area (Å²) in [5, 5.41) is 0. The Kier molecular flexibility index (Phi) is 8.56. The Morgan fingerprint density at radius 3 is 2.11 bits per heavy atom. The lowest BCUT2D eigenvalue weighted by Gasteiger charge is -2.44. The van der Waals surface area contributed by atoms with Crippen LogP contribution in [0.5, 0.6) is 0 Å². The van der Waals surface area contributed by atoms with E-state index in [0.717, 1.165) is 12.3 Å². The smallest absolute Gasteiger partial charge is 0.264 e. The molecule has 0 radical (unpaired) electrons. The summed E-state index contributed by atoms with van der Waals surface area (Å²) < 4.78 is 66.4. The number of nitrogens with zero attached hydrogens (tertiary/aromatic N) is 1. The van der Waals surface area contributed by atoms with Crippen LogP contribution >= 0.6 is 0 Å². The van der Waals surface area contributed by atoms with Gasteiger partial charge in [-0.1, -0.05) is 59.7 Å². The van der Waals surface area contributed by atoms with Gasteiger partial charge in [0.2, 0.25) is 8.32 Å². The van der Waals surface area contributed by atoms with Crippen molar-refractivity contribution in [3.05, 3.63) is 65.0 Å². The summed E-state index contributed by atoms with van der Waals surface area (Å²) in [5.41, 5.74) is 2.23. The molecule has 194 valence electrons. The minimum atomic E-state index is -3.92. The molecule has 0 bridgehead atoms. The van der Waals surface area contributed by atoms with E-state index in [-0.39, 0.29) is 5.56 Å². The number of pyridine rings is 1. The van der Waals surface area contributed by atoms with Crippen molar-refractivity contribution < 1.29 is 25.8 Å². The third-order valence-corrected chi connectivity index (χ3v) is 14.0.